The van der Waals surface area contributed by atoms with E-state index in [0.29, 0.717) is 5.25 Å². The zero-order valence-electron chi connectivity index (χ0n) is 5.77. The smallest absolute Gasteiger partial charge is 0.112 e. The van der Waals surface area contributed by atoms with Gasteiger partial charge in [-0.15, -0.1) is 0 Å². The van der Waals surface area contributed by atoms with Crippen molar-refractivity contribution < 1.29 is 4.39 Å². The molecule has 0 amide bonds. The molecule has 0 spiro atoms. The molecule has 0 N–H and O–H groups in total. The number of halogens is 1. The van der Waals surface area contributed by atoms with Gasteiger partial charge in [0.25, 0.3) is 0 Å². The van der Waals surface area contributed by atoms with E-state index in [9.17, 15) is 4.39 Å². The molecule has 9 heavy (non-hydrogen) atoms. The highest BCUT2D eigenvalue weighted by Gasteiger charge is 2.22. The van der Waals surface area contributed by atoms with Gasteiger partial charge in [-0.05, 0) is 19.1 Å². The lowest BCUT2D eigenvalue weighted by atomic mass is 9.98. The zero-order valence-corrected chi connectivity index (χ0v) is 6.59. The Hall–Kier alpha value is 0.280. The SMILES string of the molecule is CS[C@H]1CCCC[C@@H]1F. The molecular formula is C7H13FS. The molecular weight excluding hydrogens is 135 g/mol. The van der Waals surface area contributed by atoms with Gasteiger partial charge in [0.1, 0.15) is 6.17 Å². The van der Waals surface area contributed by atoms with Crippen LogP contribution in [0.2, 0.25) is 0 Å². The van der Waals surface area contributed by atoms with Crippen LogP contribution in [0.3, 0.4) is 0 Å². The predicted molar refractivity (Wildman–Crippen MR) is 40.7 cm³/mol. The van der Waals surface area contributed by atoms with E-state index in [0.717, 1.165) is 19.3 Å². The van der Waals surface area contributed by atoms with Gasteiger partial charge < -0.3 is 0 Å². The average molecular weight is 148 g/mol. The van der Waals surface area contributed by atoms with Crippen LogP contribution in [-0.2, 0) is 0 Å². The summed E-state index contributed by atoms with van der Waals surface area (Å²) < 4.78 is 12.8. The van der Waals surface area contributed by atoms with E-state index in [1.165, 1.54) is 6.42 Å². The second-order valence-corrected chi connectivity index (χ2v) is 3.65. The first kappa shape index (κ1) is 7.39. The van der Waals surface area contributed by atoms with Crippen LogP contribution in [0.1, 0.15) is 25.7 Å². The number of hydrogen-bond donors (Lipinski definition) is 0. The highest BCUT2D eigenvalue weighted by molar-refractivity contribution is 7.99. The van der Waals surface area contributed by atoms with Gasteiger partial charge in [-0.1, -0.05) is 12.8 Å². The molecule has 0 saturated heterocycles. The van der Waals surface area contributed by atoms with Gasteiger partial charge in [0.15, 0.2) is 0 Å². The first-order valence-electron chi connectivity index (χ1n) is 3.51. The second-order valence-electron chi connectivity index (χ2n) is 2.57. The Morgan fingerprint density at radius 2 is 2.00 bits per heavy atom. The fourth-order valence-electron chi connectivity index (χ4n) is 1.32. The fraction of sp³-hybridized carbons (Fsp3) is 1.00. The van der Waals surface area contributed by atoms with Gasteiger partial charge in [0.2, 0.25) is 0 Å². The Kier molecular flexibility index (Phi) is 2.83. The molecule has 1 fully saturated rings. The van der Waals surface area contributed by atoms with Crippen LogP contribution in [0.15, 0.2) is 0 Å². The fourth-order valence-corrected chi connectivity index (χ4v) is 2.15. The van der Waals surface area contributed by atoms with E-state index in [1.54, 1.807) is 11.8 Å². The lowest BCUT2D eigenvalue weighted by Gasteiger charge is -2.23. The van der Waals surface area contributed by atoms with Crippen LogP contribution in [0.5, 0.6) is 0 Å². The third-order valence-corrected chi connectivity index (χ3v) is 3.06. The maximum absolute atomic E-state index is 12.8. The molecule has 0 aromatic heterocycles. The van der Waals surface area contributed by atoms with Gasteiger partial charge in [-0.3, -0.25) is 0 Å². The van der Waals surface area contributed by atoms with Crippen LogP contribution in [0.25, 0.3) is 0 Å². The molecule has 0 heterocycles. The van der Waals surface area contributed by atoms with E-state index < -0.39 is 6.17 Å². The summed E-state index contributed by atoms with van der Waals surface area (Å²) in [5.41, 5.74) is 0. The van der Waals surface area contributed by atoms with Crippen molar-refractivity contribution in [3.63, 3.8) is 0 Å². The maximum Gasteiger partial charge on any atom is 0.112 e. The van der Waals surface area contributed by atoms with Crippen LogP contribution >= 0.6 is 11.8 Å². The van der Waals surface area contributed by atoms with E-state index >= 15 is 0 Å². The quantitative estimate of drug-likeness (QED) is 0.551. The molecule has 0 radical (unpaired) electrons. The summed E-state index contributed by atoms with van der Waals surface area (Å²) in [6.07, 6.45) is 5.69. The van der Waals surface area contributed by atoms with Gasteiger partial charge in [0.05, 0.1) is 0 Å². The van der Waals surface area contributed by atoms with E-state index in [-0.39, 0.29) is 0 Å². The molecule has 2 atom stereocenters. The first-order chi connectivity index (χ1) is 4.34. The minimum absolute atomic E-state index is 0.304. The third kappa shape index (κ3) is 1.85. The Morgan fingerprint density at radius 1 is 1.33 bits per heavy atom. The summed E-state index contributed by atoms with van der Waals surface area (Å²) in [5.74, 6) is 0. The topological polar surface area (TPSA) is 0 Å². The van der Waals surface area contributed by atoms with Crippen molar-refractivity contribution in [3.05, 3.63) is 0 Å². The average Bonchev–Trinajstić information content (AvgIpc) is 1.89. The maximum atomic E-state index is 12.8. The molecule has 1 aliphatic rings. The normalized spacial score (nSPS) is 36.7. The van der Waals surface area contributed by atoms with Gasteiger partial charge in [-0.25, -0.2) is 4.39 Å². The Labute approximate surface area is 60.2 Å². The van der Waals surface area contributed by atoms with Crippen molar-refractivity contribution in [2.24, 2.45) is 0 Å². The molecule has 0 aromatic rings. The first-order valence-corrected chi connectivity index (χ1v) is 4.80. The minimum Gasteiger partial charge on any atom is -0.246 e. The van der Waals surface area contributed by atoms with E-state index in [2.05, 4.69) is 0 Å². The van der Waals surface area contributed by atoms with Crippen molar-refractivity contribution in [3.8, 4) is 0 Å². The van der Waals surface area contributed by atoms with Crippen LogP contribution in [0.4, 0.5) is 4.39 Å². The van der Waals surface area contributed by atoms with Crippen molar-refractivity contribution in [2.75, 3.05) is 6.26 Å². The zero-order chi connectivity index (χ0) is 6.69. The molecule has 0 bridgehead atoms. The summed E-state index contributed by atoms with van der Waals surface area (Å²) in [7, 11) is 0. The molecule has 54 valence electrons. The van der Waals surface area contributed by atoms with E-state index in [4.69, 9.17) is 0 Å². The summed E-state index contributed by atoms with van der Waals surface area (Å²) >= 11 is 1.68. The standard InChI is InChI=1S/C7H13FS/c1-9-7-5-3-2-4-6(7)8/h6-7H,2-5H2,1H3/t6-,7-/m0/s1. The number of alkyl halides is 1. The minimum atomic E-state index is -0.520. The molecule has 1 aliphatic carbocycles. The molecule has 1 saturated carbocycles. The van der Waals surface area contributed by atoms with Crippen molar-refractivity contribution in [2.45, 2.75) is 37.1 Å². The second kappa shape index (κ2) is 3.45. The monoisotopic (exact) mass is 148 g/mol. The Bertz CT molecular complexity index is 85.0. The van der Waals surface area contributed by atoms with Gasteiger partial charge in [0, 0.05) is 5.25 Å². The van der Waals surface area contributed by atoms with E-state index in [1.807, 2.05) is 6.26 Å². The van der Waals surface area contributed by atoms with Crippen molar-refractivity contribution in [1.29, 1.82) is 0 Å². The predicted octanol–water partition coefficient (Wildman–Crippen LogP) is 2.63. The highest BCUT2D eigenvalue weighted by atomic mass is 32.2. The summed E-state index contributed by atoms with van der Waals surface area (Å²) in [5, 5.41) is 0.304. The largest absolute Gasteiger partial charge is 0.246 e. The number of thioether (sulfide) groups is 1. The van der Waals surface area contributed by atoms with Crippen molar-refractivity contribution >= 4 is 11.8 Å². The Balaban J connectivity index is 2.30. The molecule has 0 aromatic carbocycles. The van der Waals surface area contributed by atoms with Crippen LogP contribution < -0.4 is 0 Å². The van der Waals surface area contributed by atoms with Crippen LogP contribution in [-0.4, -0.2) is 17.7 Å². The van der Waals surface area contributed by atoms with Gasteiger partial charge in [-0.2, -0.15) is 11.8 Å². The summed E-state index contributed by atoms with van der Waals surface area (Å²) in [6, 6.07) is 0. The van der Waals surface area contributed by atoms with Gasteiger partial charge >= 0.3 is 0 Å². The summed E-state index contributed by atoms with van der Waals surface area (Å²) in [4.78, 5) is 0. The molecule has 0 nitrogen and oxygen atoms in total. The molecule has 2 heteroatoms. The lowest BCUT2D eigenvalue weighted by Crippen LogP contribution is -2.22. The number of rotatable bonds is 1. The van der Waals surface area contributed by atoms with Crippen molar-refractivity contribution in [1.82, 2.24) is 0 Å². The summed E-state index contributed by atoms with van der Waals surface area (Å²) in [6.45, 7) is 0. The third-order valence-electron chi connectivity index (χ3n) is 1.92. The Morgan fingerprint density at radius 3 is 2.44 bits per heavy atom. The molecule has 0 aliphatic heterocycles. The van der Waals surface area contributed by atoms with Crippen LogP contribution in [0, 0.1) is 0 Å². The highest BCUT2D eigenvalue weighted by Crippen LogP contribution is 2.28. The lowest BCUT2D eigenvalue weighted by molar-refractivity contribution is 0.260. The molecule has 1 rings (SSSR count). The number of hydrogen-bond acceptors (Lipinski definition) is 1. The molecule has 0 unspecified atom stereocenters.